The van der Waals surface area contributed by atoms with E-state index in [4.69, 9.17) is 23.2 Å². The van der Waals surface area contributed by atoms with Crippen LogP contribution in [0.1, 0.15) is 31.4 Å². The van der Waals surface area contributed by atoms with Gasteiger partial charge in [0.1, 0.15) is 0 Å². The van der Waals surface area contributed by atoms with E-state index in [9.17, 15) is 9.90 Å². The molecule has 1 aliphatic heterocycles. The minimum atomic E-state index is -1.20. The number of benzene rings is 2. The van der Waals surface area contributed by atoms with Crippen molar-refractivity contribution >= 4 is 53.0 Å². The van der Waals surface area contributed by atoms with Crippen molar-refractivity contribution in [2.45, 2.75) is 25.9 Å². The first-order valence-corrected chi connectivity index (χ1v) is 10.9. The van der Waals surface area contributed by atoms with Crippen molar-refractivity contribution in [2.24, 2.45) is 5.92 Å². The molecular formula is C25H28Cl3NO2. The van der Waals surface area contributed by atoms with Gasteiger partial charge in [-0.3, -0.25) is 4.79 Å². The molecule has 0 amide bonds. The Hall–Kier alpha value is -1.62. The van der Waals surface area contributed by atoms with Gasteiger partial charge in [-0.2, -0.15) is 0 Å². The number of carbonyl (C=O) groups excluding carboxylic acids is 1. The Balaban J connectivity index is 0.00000341. The van der Waals surface area contributed by atoms with Crippen LogP contribution >= 0.6 is 35.6 Å². The fraction of sp³-hybridized carbons (Fsp3) is 0.320. The number of likely N-dealkylation sites (tertiary alicyclic amines) is 1. The van der Waals surface area contributed by atoms with E-state index in [-0.39, 0.29) is 18.2 Å². The third kappa shape index (κ3) is 6.68. The summed E-state index contributed by atoms with van der Waals surface area (Å²) in [6, 6.07) is 14.8. The summed E-state index contributed by atoms with van der Waals surface area (Å²) >= 11 is 11.9. The lowest BCUT2D eigenvalue weighted by atomic mass is 9.77. The minimum absolute atomic E-state index is 0. The first-order chi connectivity index (χ1) is 14.3. The second-order valence-corrected chi connectivity index (χ2v) is 8.68. The molecule has 0 aliphatic carbocycles. The summed E-state index contributed by atoms with van der Waals surface area (Å²) in [7, 11) is 0. The van der Waals surface area contributed by atoms with Crippen LogP contribution in [0.3, 0.4) is 0 Å². The van der Waals surface area contributed by atoms with Crippen molar-refractivity contribution in [2.75, 3.05) is 19.6 Å². The van der Waals surface area contributed by atoms with Crippen LogP contribution in [0.5, 0.6) is 0 Å². The second-order valence-electron chi connectivity index (χ2n) is 7.81. The highest BCUT2D eigenvalue weighted by Gasteiger charge is 2.42. The molecule has 2 aromatic rings. The maximum atomic E-state index is 13.2. The third-order valence-corrected chi connectivity index (χ3v) is 6.26. The quantitative estimate of drug-likeness (QED) is 0.502. The SMILES string of the molecule is CCN1CCC(O)(/C=C/c2ccc(Cl)cc2)C(C(=O)/C=C(\C)c2ccc(Cl)cc2)C1.Cl. The Morgan fingerprint density at radius 1 is 1.13 bits per heavy atom. The summed E-state index contributed by atoms with van der Waals surface area (Å²) in [5.74, 6) is -0.596. The molecule has 1 heterocycles. The van der Waals surface area contributed by atoms with Crippen LogP contribution in [0.25, 0.3) is 11.6 Å². The molecule has 3 nitrogen and oxygen atoms in total. The Bertz CT molecular complexity index is 938. The normalized spacial score (nSPS) is 22.4. The Labute approximate surface area is 200 Å². The molecule has 2 aromatic carbocycles. The molecule has 166 valence electrons. The average Bonchev–Trinajstić information content (AvgIpc) is 2.74. The smallest absolute Gasteiger partial charge is 0.163 e. The number of ketones is 1. The van der Waals surface area contributed by atoms with Crippen LogP contribution < -0.4 is 0 Å². The molecule has 1 N–H and O–H groups in total. The largest absolute Gasteiger partial charge is 0.385 e. The summed E-state index contributed by atoms with van der Waals surface area (Å²) in [5, 5.41) is 12.8. The number of hydrogen-bond acceptors (Lipinski definition) is 3. The van der Waals surface area contributed by atoms with Crippen molar-refractivity contribution in [3.8, 4) is 0 Å². The molecule has 1 fully saturated rings. The number of carbonyl (C=O) groups is 1. The molecule has 1 saturated heterocycles. The van der Waals surface area contributed by atoms with Gasteiger partial charge in [0.05, 0.1) is 11.5 Å². The van der Waals surface area contributed by atoms with Crippen LogP contribution in [0.15, 0.2) is 60.7 Å². The Morgan fingerprint density at radius 2 is 1.71 bits per heavy atom. The summed E-state index contributed by atoms with van der Waals surface area (Å²) < 4.78 is 0. The van der Waals surface area contributed by atoms with Gasteiger partial charge < -0.3 is 10.0 Å². The van der Waals surface area contributed by atoms with E-state index in [1.807, 2.05) is 61.5 Å². The summed E-state index contributed by atoms with van der Waals surface area (Å²) in [6.45, 7) is 6.11. The molecule has 6 heteroatoms. The zero-order valence-corrected chi connectivity index (χ0v) is 20.1. The van der Waals surface area contributed by atoms with Crippen LogP contribution in [0.4, 0.5) is 0 Å². The summed E-state index contributed by atoms with van der Waals surface area (Å²) in [5.41, 5.74) is 1.54. The van der Waals surface area contributed by atoms with Crippen LogP contribution in [-0.4, -0.2) is 41.0 Å². The molecule has 0 radical (unpaired) electrons. The first-order valence-electron chi connectivity index (χ1n) is 10.2. The maximum Gasteiger partial charge on any atom is 0.163 e. The molecule has 0 saturated carbocycles. The summed E-state index contributed by atoms with van der Waals surface area (Å²) in [6.07, 6.45) is 5.80. The van der Waals surface area contributed by atoms with Gasteiger partial charge in [0.15, 0.2) is 5.78 Å². The van der Waals surface area contributed by atoms with Gasteiger partial charge in [-0.15, -0.1) is 12.4 Å². The van der Waals surface area contributed by atoms with Crippen molar-refractivity contribution in [3.05, 3.63) is 81.9 Å². The zero-order chi connectivity index (χ0) is 21.7. The highest BCUT2D eigenvalue weighted by molar-refractivity contribution is 6.30. The minimum Gasteiger partial charge on any atom is -0.385 e. The van der Waals surface area contributed by atoms with E-state index < -0.39 is 11.5 Å². The van der Waals surface area contributed by atoms with Crippen molar-refractivity contribution in [1.82, 2.24) is 4.90 Å². The van der Waals surface area contributed by atoms with E-state index in [0.29, 0.717) is 23.0 Å². The van der Waals surface area contributed by atoms with E-state index in [2.05, 4.69) is 11.8 Å². The molecule has 0 aromatic heterocycles. The van der Waals surface area contributed by atoms with Gasteiger partial charge in [-0.05, 0) is 66.9 Å². The predicted molar refractivity (Wildman–Crippen MR) is 133 cm³/mol. The van der Waals surface area contributed by atoms with Crippen LogP contribution in [0, 0.1) is 5.92 Å². The fourth-order valence-electron chi connectivity index (χ4n) is 3.77. The van der Waals surface area contributed by atoms with Gasteiger partial charge in [0.2, 0.25) is 0 Å². The summed E-state index contributed by atoms with van der Waals surface area (Å²) in [4.78, 5) is 15.4. The van der Waals surface area contributed by atoms with Gasteiger partial charge in [-0.25, -0.2) is 0 Å². The second kappa shape index (κ2) is 11.3. The number of aliphatic hydroxyl groups is 1. The molecule has 0 bridgehead atoms. The number of rotatable bonds is 6. The monoisotopic (exact) mass is 479 g/mol. The van der Waals surface area contributed by atoms with Crippen LogP contribution in [-0.2, 0) is 4.79 Å². The predicted octanol–water partition coefficient (Wildman–Crippen LogP) is 6.17. The molecule has 1 aliphatic rings. The lowest BCUT2D eigenvalue weighted by Gasteiger charge is -2.41. The first kappa shape index (κ1) is 25.6. The van der Waals surface area contributed by atoms with E-state index >= 15 is 0 Å². The molecule has 2 unspecified atom stereocenters. The number of nitrogens with zero attached hydrogens (tertiary/aromatic N) is 1. The van der Waals surface area contributed by atoms with Gasteiger partial charge >= 0.3 is 0 Å². The van der Waals surface area contributed by atoms with Crippen molar-refractivity contribution in [1.29, 1.82) is 0 Å². The molecule has 31 heavy (non-hydrogen) atoms. The third-order valence-electron chi connectivity index (χ3n) is 5.76. The Kier molecular flexibility index (Phi) is 9.35. The van der Waals surface area contributed by atoms with Crippen LogP contribution in [0.2, 0.25) is 10.0 Å². The van der Waals surface area contributed by atoms with E-state index in [1.54, 1.807) is 12.2 Å². The van der Waals surface area contributed by atoms with E-state index in [1.165, 1.54) is 0 Å². The standard InChI is InChI=1S/C25H27Cl2NO2.ClH/c1-3-28-15-14-25(30,13-12-19-4-8-21(26)9-5-19)23(17-28)24(29)16-18(2)20-6-10-22(27)11-7-20;/h4-13,16,23,30H,3,14-15,17H2,1-2H3;1H/b13-12+,18-16+;. The number of piperidine rings is 1. The van der Waals surface area contributed by atoms with Crippen molar-refractivity contribution in [3.63, 3.8) is 0 Å². The maximum absolute atomic E-state index is 13.2. The lowest BCUT2D eigenvalue weighted by molar-refractivity contribution is -0.129. The van der Waals surface area contributed by atoms with E-state index in [0.717, 1.165) is 29.8 Å². The number of halogens is 3. The average molecular weight is 481 g/mol. The lowest BCUT2D eigenvalue weighted by Crippen LogP contribution is -2.53. The zero-order valence-electron chi connectivity index (χ0n) is 17.7. The van der Waals surface area contributed by atoms with Gasteiger partial charge in [0.25, 0.3) is 0 Å². The molecule has 2 atom stereocenters. The molecule has 0 spiro atoms. The van der Waals surface area contributed by atoms with Gasteiger partial charge in [-0.1, -0.05) is 66.5 Å². The van der Waals surface area contributed by atoms with Gasteiger partial charge in [0, 0.05) is 23.1 Å². The van der Waals surface area contributed by atoms with Crippen molar-refractivity contribution < 1.29 is 9.90 Å². The number of hydrogen-bond donors (Lipinski definition) is 1. The highest BCUT2D eigenvalue weighted by Crippen LogP contribution is 2.32. The molecule has 3 rings (SSSR count). The highest BCUT2D eigenvalue weighted by atomic mass is 35.5. The fourth-order valence-corrected chi connectivity index (χ4v) is 4.02. The Morgan fingerprint density at radius 3 is 2.29 bits per heavy atom. The molecular weight excluding hydrogens is 453 g/mol. The number of allylic oxidation sites excluding steroid dienone is 2. The topological polar surface area (TPSA) is 40.5 Å².